The molecule has 3 nitrogen and oxygen atoms in total. The van der Waals surface area contributed by atoms with Gasteiger partial charge < -0.3 is 10.1 Å². The van der Waals surface area contributed by atoms with Crippen LogP contribution in [-0.4, -0.2) is 23.7 Å². The summed E-state index contributed by atoms with van der Waals surface area (Å²) >= 11 is 0. The second-order valence-electron chi connectivity index (χ2n) is 5.01. The summed E-state index contributed by atoms with van der Waals surface area (Å²) in [6.45, 7) is 0.684. The van der Waals surface area contributed by atoms with Gasteiger partial charge in [-0.25, -0.2) is 9.37 Å². The Balaban J connectivity index is 1.55. The lowest BCUT2D eigenvalue weighted by Gasteiger charge is -2.29. The maximum Gasteiger partial charge on any atom is 0.213 e. The van der Waals surface area contributed by atoms with Gasteiger partial charge in [-0.15, -0.1) is 0 Å². The summed E-state index contributed by atoms with van der Waals surface area (Å²) in [4.78, 5) is 3.91. The highest BCUT2D eigenvalue weighted by Crippen LogP contribution is 2.31. The molecule has 2 aliphatic rings. The number of hydrogen-bond donors (Lipinski definition) is 1. The fourth-order valence-corrected chi connectivity index (χ4v) is 2.91. The van der Waals surface area contributed by atoms with E-state index in [1.807, 2.05) is 0 Å². The lowest BCUT2D eigenvalue weighted by molar-refractivity contribution is 0.177. The average Bonchev–Trinajstić information content (AvgIpc) is 2.73. The highest BCUT2D eigenvalue weighted by molar-refractivity contribution is 5.10. The van der Waals surface area contributed by atoms with E-state index in [-0.39, 0.29) is 5.82 Å². The van der Waals surface area contributed by atoms with E-state index >= 15 is 0 Å². The predicted molar refractivity (Wildman–Crippen MR) is 62.4 cm³/mol. The lowest BCUT2D eigenvalue weighted by Crippen LogP contribution is -2.42. The molecule has 92 valence electrons. The largest absolute Gasteiger partial charge is 0.477 e. The minimum absolute atomic E-state index is 0.324. The molecule has 3 rings (SSSR count). The second kappa shape index (κ2) is 4.61. The number of pyridine rings is 1. The van der Waals surface area contributed by atoms with E-state index in [1.54, 1.807) is 6.07 Å². The van der Waals surface area contributed by atoms with E-state index in [1.165, 1.54) is 37.9 Å². The molecule has 2 aliphatic heterocycles. The van der Waals surface area contributed by atoms with Crippen LogP contribution in [0.5, 0.6) is 5.88 Å². The number of piperidine rings is 1. The first-order valence-electron chi connectivity index (χ1n) is 6.31. The van der Waals surface area contributed by atoms with Crippen molar-refractivity contribution in [1.82, 2.24) is 10.3 Å². The Morgan fingerprint density at radius 1 is 1.29 bits per heavy atom. The summed E-state index contributed by atoms with van der Waals surface area (Å²) in [7, 11) is 0. The number of aromatic nitrogens is 1. The van der Waals surface area contributed by atoms with Gasteiger partial charge in [-0.05, 0) is 31.7 Å². The van der Waals surface area contributed by atoms with Gasteiger partial charge in [0.15, 0.2) is 0 Å². The number of ether oxygens (including phenoxy) is 1. The van der Waals surface area contributed by atoms with Crippen molar-refractivity contribution in [2.45, 2.75) is 37.8 Å². The Hall–Kier alpha value is -1.16. The normalized spacial score (nSPS) is 31.5. The molecule has 0 aliphatic carbocycles. The third kappa shape index (κ3) is 2.41. The summed E-state index contributed by atoms with van der Waals surface area (Å²) in [5, 5.41) is 3.63. The van der Waals surface area contributed by atoms with Crippen LogP contribution in [0.25, 0.3) is 0 Å². The number of hydrogen-bond acceptors (Lipinski definition) is 3. The predicted octanol–water partition coefficient (Wildman–Crippen LogP) is 2.13. The first-order chi connectivity index (χ1) is 8.31. The summed E-state index contributed by atoms with van der Waals surface area (Å²) in [6.07, 6.45) is 6.23. The van der Waals surface area contributed by atoms with Crippen LogP contribution >= 0.6 is 0 Å². The minimum atomic E-state index is -0.324. The number of nitrogens with zero attached hydrogens (tertiary/aromatic N) is 1. The molecule has 3 atom stereocenters. The zero-order valence-corrected chi connectivity index (χ0v) is 9.73. The van der Waals surface area contributed by atoms with Crippen molar-refractivity contribution < 1.29 is 9.13 Å². The van der Waals surface area contributed by atoms with Crippen LogP contribution in [0.4, 0.5) is 4.39 Å². The highest BCUT2D eigenvalue weighted by Gasteiger charge is 2.35. The van der Waals surface area contributed by atoms with E-state index in [9.17, 15) is 4.39 Å². The zero-order valence-electron chi connectivity index (χ0n) is 9.73. The van der Waals surface area contributed by atoms with Crippen LogP contribution in [0, 0.1) is 11.7 Å². The molecular weight excluding hydrogens is 219 g/mol. The molecule has 4 heteroatoms. The molecule has 0 radical (unpaired) electrons. The van der Waals surface area contributed by atoms with E-state index in [2.05, 4.69) is 10.3 Å². The van der Waals surface area contributed by atoms with E-state index in [0.717, 1.165) is 6.04 Å². The van der Waals surface area contributed by atoms with Crippen molar-refractivity contribution in [3.05, 3.63) is 24.1 Å². The molecule has 0 amide bonds. The van der Waals surface area contributed by atoms with Crippen LogP contribution in [0.15, 0.2) is 18.3 Å². The average molecular weight is 236 g/mol. The van der Waals surface area contributed by atoms with Gasteiger partial charge in [0.1, 0.15) is 5.82 Å². The van der Waals surface area contributed by atoms with Gasteiger partial charge in [-0.2, -0.15) is 0 Å². The van der Waals surface area contributed by atoms with Crippen LogP contribution in [-0.2, 0) is 0 Å². The summed E-state index contributed by atoms with van der Waals surface area (Å²) < 4.78 is 18.3. The number of rotatable bonds is 3. The van der Waals surface area contributed by atoms with Gasteiger partial charge >= 0.3 is 0 Å². The van der Waals surface area contributed by atoms with Gasteiger partial charge in [0.25, 0.3) is 0 Å². The second-order valence-corrected chi connectivity index (χ2v) is 5.01. The molecule has 0 unspecified atom stereocenters. The van der Waals surface area contributed by atoms with Gasteiger partial charge in [-0.3, -0.25) is 0 Å². The first kappa shape index (κ1) is 11.0. The topological polar surface area (TPSA) is 34.1 Å². The molecule has 1 N–H and O–H groups in total. The zero-order chi connectivity index (χ0) is 11.7. The molecule has 3 heterocycles. The molecule has 2 saturated heterocycles. The monoisotopic (exact) mass is 236 g/mol. The van der Waals surface area contributed by atoms with Crippen molar-refractivity contribution in [2.75, 3.05) is 6.61 Å². The molecule has 2 bridgehead atoms. The third-order valence-electron chi connectivity index (χ3n) is 3.88. The molecule has 0 saturated carbocycles. The Morgan fingerprint density at radius 3 is 3.00 bits per heavy atom. The third-order valence-corrected chi connectivity index (χ3v) is 3.88. The SMILES string of the molecule is Fc1ccc(OC[C@H]2CC[C@@H]3CC[C@H]2N3)nc1. The Labute approximate surface area is 100 Å². The van der Waals surface area contributed by atoms with Crippen molar-refractivity contribution in [2.24, 2.45) is 5.92 Å². The van der Waals surface area contributed by atoms with Crippen molar-refractivity contribution in [1.29, 1.82) is 0 Å². The Morgan fingerprint density at radius 2 is 2.18 bits per heavy atom. The molecule has 0 aromatic carbocycles. The summed E-state index contributed by atoms with van der Waals surface area (Å²) in [5.74, 6) is 0.766. The Bertz CT molecular complexity index is 382. The molecule has 0 spiro atoms. The molecule has 1 aromatic heterocycles. The fraction of sp³-hybridized carbons (Fsp3) is 0.615. The standard InChI is InChI=1S/C13H17FN2O/c14-10-2-6-13(15-7-10)17-8-9-1-3-11-4-5-12(9)16-11/h2,6-7,9,11-12,16H,1,3-5,8H2/t9-,11-,12-/m1/s1. The van der Waals surface area contributed by atoms with Crippen LogP contribution in [0.2, 0.25) is 0 Å². The molecule has 17 heavy (non-hydrogen) atoms. The van der Waals surface area contributed by atoms with E-state index < -0.39 is 0 Å². The van der Waals surface area contributed by atoms with E-state index in [4.69, 9.17) is 4.74 Å². The Kier molecular flexibility index (Phi) is 2.97. The van der Waals surface area contributed by atoms with Gasteiger partial charge in [0.05, 0.1) is 12.8 Å². The van der Waals surface area contributed by atoms with Crippen LogP contribution in [0.1, 0.15) is 25.7 Å². The van der Waals surface area contributed by atoms with Crippen LogP contribution in [0.3, 0.4) is 0 Å². The quantitative estimate of drug-likeness (QED) is 0.873. The molecular formula is C13H17FN2O. The van der Waals surface area contributed by atoms with Crippen molar-refractivity contribution >= 4 is 0 Å². The molecule has 2 fully saturated rings. The van der Waals surface area contributed by atoms with Crippen molar-refractivity contribution in [3.63, 3.8) is 0 Å². The van der Waals surface area contributed by atoms with Gasteiger partial charge in [0, 0.05) is 24.1 Å². The smallest absolute Gasteiger partial charge is 0.213 e. The van der Waals surface area contributed by atoms with E-state index in [0.29, 0.717) is 24.4 Å². The van der Waals surface area contributed by atoms with Crippen LogP contribution < -0.4 is 10.1 Å². The molecule has 1 aromatic rings. The maximum absolute atomic E-state index is 12.7. The van der Waals surface area contributed by atoms with Crippen molar-refractivity contribution in [3.8, 4) is 5.88 Å². The van der Waals surface area contributed by atoms with Gasteiger partial charge in [-0.1, -0.05) is 0 Å². The van der Waals surface area contributed by atoms with Gasteiger partial charge in [0.2, 0.25) is 5.88 Å². The lowest BCUT2D eigenvalue weighted by atomic mass is 9.93. The highest BCUT2D eigenvalue weighted by atomic mass is 19.1. The number of nitrogens with one attached hydrogen (secondary N) is 1. The number of halogens is 1. The fourth-order valence-electron chi connectivity index (χ4n) is 2.91. The first-order valence-corrected chi connectivity index (χ1v) is 6.31. The number of fused-ring (bicyclic) bond motifs is 2. The maximum atomic E-state index is 12.7. The minimum Gasteiger partial charge on any atom is -0.477 e. The summed E-state index contributed by atoms with van der Waals surface area (Å²) in [6, 6.07) is 4.31. The summed E-state index contributed by atoms with van der Waals surface area (Å²) in [5.41, 5.74) is 0.